The molecule has 0 aliphatic heterocycles. The van der Waals surface area contributed by atoms with Crippen molar-refractivity contribution >= 4 is 34.1 Å². The van der Waals surface area contributed by atoms with Crippen LogP contribution in [0.25, 0.3) is 10.9 Å². The molecule has 0 aliphatic rings. The summed E-state index contributed by atoms with van der Waals surface area (Å²) in [6.45, 7) is 0.295. The van der Waals surface area contributed by atoms with E-state index in [0.29, 0.717) is 6.54 Å². The Morgan fingerprint density at radius 2 is 2.00 bits per heavy atom. The lowest BCUT2D eigenvalue weighted by Crippen LogP contribution is -2.34. The largest absolute Gasteiger partial charge is 0.350 e. The predicted molar refractivity (Wildman–Crippen MR) is 110 cm³/mol. The van der Waals surface area contributed by atoms with Crippen LogP contribution in [0.2, 0.25) is 5.02 Å². The lowest BCUT2D eigenvalue weighted by Gasteiger charge is -2.24. The second-order valence-electron chi connectivity index (χ2n) is 6.82. The zero-order valence-corrected chi connectivity index (χ0v) is 16.6. The quantitative estimate of drug-likeness (QED) is 0.504. The lowest BCUT2D eigenvalue weighted by molar-refractivity contribution is -0.385. The number of nitrogens with zero attached hydrogens (tertiary/aromatic N) is 3. The van der Waals surface area contributed by atoms with Crippen molar-refractivity contribution in [3.05, 3.63) is 74.9 Å². The number of fused-ring (bicyclic) bond motifs is 1. The number of hydrogen-bond acceptors (Lipinski definition) is 4. The van der Waals surface area contributed by atoms with Crippen LogP contribution in [-0.2, 0) is 7.05 Å². The number of carbonyl (C=O) groups excluding carboxylic acids is 1. The number of hydrogen-bond donors (Lipinski definition) is 1. The van der Waals surface area contributed by atoms with E-state index in [0.717, 1.165) is 16.5 Å². The van der Waals surface area contributed by atoms with Crippen LogP contribution in [-0.4, -0.2) is 40.9 Å². The summed E-state index contributed by atoms with van der Waals surface area (Å²) in [6, 6.07) is 11.9. The fourth-order valence-electron chi connectivity index (χ4n) is 3.34. The number of aromatic nitrogens is 1. The molecule has 0 bridgehead atoms. The molecule has 0 spiro atoms. The van der Waals surface area contributed by atoms with Gasteiger partial charge in [-0.1, -0.05) is 29.8 Å². The average molecular weight is 401 g/mol. The molecular weight excluding hydrogens is 380 g/mol. The van der Waals surface area contributed by atoms with Gasteiger partial charge in [0.25, 0.3) is 11.6 Å². The van der Waals surface area contributed by atoms with Crippen LogP contribution in [0.1, 0.15) is 22.0 Å². The molecule has 0 saturated carbocycles. The number of aryl methyl sites for hydroxylation is 1. The van der Waals surface area contributed by atoms with Gasteiger partial charge in [0.2, 0.25) is 0 Å². The summed E-state index contributed by atoms with van der Waals surface area (Å²) in [5, 5.41) is 15.4. The van der Waals surface area contributed by atoms with Crippen molar-refractivity contribution in [2.75, 3.05) is 20.6 Å². The maximum absolute atomic E-state index is 12.7. The van der Waals surface area contributed by atoms with Crippen molar-refractivity contribution in [3.63, 3.8) is 0 Å². The van der Waals surface area contributed by atoms with Crippen molar-refractivity contribution in [2.45, 2.75) is 6.04 Å². The summed E-state index contributed by atoms with van der Waals surface area (Å²) < 4.78 is 2.05. The average Bonchev–Trinajstić information content (AvgIpc) is 2.98. The molecule has 0 aliphatic carbocycles. The SMILES string of the molecule is CN(C)C(CNC(=O)c1cc(Cl)ccc1[N+](=O)[O-])c1cn(C)c2ccccc12. The zero-order chi connectivity index (χ0) is 20.4. The fraction of sp³-hybridized carbons (Fsp3) is 0.250. The predicted octanol–water partition coefficient (Wildman–Crippen LogP) is 3.77. The van der Waals surface area contributed by atoms with Crippen molar-refractivity contribution in [1.82, 2.24) is 14.8 Å². The molecule has 2 aromatic carbocycles. The minimum absolute atomic E-state index is 0.0482. The van der Waals surface area contributed by atoms with Gasteiger partial charge in [-0.25, -0.2) is 0 Å². The smallest absolute Gasteiger partial charge is 0.282 e. The molecule has 8 heteroatoms. The second-order valence-corrected chi connectivity index (χ2v) is 7.26. The standard InChI is InChI=1S/C20H21ClN4O3/c1-23(2)19(16-12-24(3)17-7-5-4-6-14(16)17)11-22-20(26)15-10-13(21)8-9-18(15)25(27)28/h4-10,12,19H,11H2,1-3H3,(H,22,26). The van der Waals surface area contributed by atoms with E-state index in [1.807, 2.05) is 61.1 Å². The van der Waals surface area contributed by atoms with E-state index < -0.39 is 10.8 Å². The number of amides is 1. The number of nitro groups is 1. The van der Waals surface area contributed by atoms with Crippen molar-refractivity contribution in [2.24, 2.45) is 7.05 Å². The van der Waals surface area contributed by atoms with E-state index in [2.05, 4.69) is 5.32 Å². The molecule has 1 heterocycles. The van der Waals surface area contributed by atoms with Crippen LogP contribution in [0.4, 0.5) is 5.69 Å². The van der Waals surface area contributed by atoms with Gasteiger partial charge < -0.3 is 14.8 Å². The highest BCUT2D eigenvalue weighted by atomic mass is 35.5. The first kappa shape index (κ1) is 19.9. The van der Waals surface area contributed by atoms with Gasteiger partial charge in [-0.15, -0.1) is 0 Å². The molecule has 0 radical (unpaired) electrons. The van der Waals surface area contributed by atoms with Gasteiger partial charge in [-0.05, 0) is 37.9 Å². The number of nitrogens with one attached hydrogen (secondary N) is 1. The van der Waals surface area contributed by atoms with Crippen LogP contribution in [0.3, 0.4) is 0 Å². The molecular formula is C20H21ClN4O3. The van der Waals surface area contributed by atoms with Gasteiger partial charge in [-0.3, -0.25) is 14.9 Å². The topological polar surface area (TPSA) is 80.4 Å². The van der Waals surface area contributed by atoms with Gasteiger partial charge in [-0.2, -0.15) is 0 Å². The number of carbonyl (C=O) groups is 1. The van der Waals surface area contributed by atoms with Crippen LogP contribution in [0.5, 0.6) is 0 Å². The van der Waals surface area contributed by atoms with Crippen LogP contribution >= 0.6 is 11.6 Å². The van der Waals surface area contributed by atoms with Crippen LogP contribution in [0.15, 0.2) is 48.7 Å². The molecule has 7 nitrogen and oxygen atoms in total. The maximum atomic E-state index is 12.7. The van der Waals surface area contributed by atoms with Gasteiger partial charge in [0.1, 0.15) is 5.56 Å². The maximum Gasteiger partial charge on any atom is 0.282 e. The molecule has 1 unspecified atom stereocenters. The first-order valence-electron chi connectivity index (χ1n) is 8.72. The lowest BCUT2D eigenvalue weighted by atomic mass is 10.0. The highest BCUT2D eigenvalue weighted by Gasteiger charge is 2.24. The highest BCUT2D eigenvalue weighted by Crippen LogP contribution is 2.29. The Balaban J connectivity index is 1.88. The first-order valence-corrected chi connectivity index (χ1v) is 9.10. The summed E-state index contributed by atoms with van der Waals surface area (Å²) in [6.07, 6.45) is 2.04. The summed E-state index contributed by atoms with van der Waals surface area (Å²) in [7, 11) is 5.84. The number of para-hydroxylation sites is 1. The molecule has 146 valence electrons. The van der Waals surface area contributed by atoms with Gasteiger partial charge >= 0.3 is 0 Å². The number of nitro benzene ring substituents is 1. The van der Waals surface area contributed by atoms with Gasteiger partial charge in [0.15, 0.2) is 0 Å². The molecule has 0 saturated heterocycles. The number of benzene rings is 2. The van der Waals surface area contributed by atoms with Crippen LogP contribution in [0, 0.1) is 10.1 Å². The zero-order valence-electron chi connectivity index (χ0n) is 15.8. The fourth-order valence-corrected chi connectivity index (χ4v) is 3.52. The Kier molecular flexibility index (Phi) is 5.67. The monoisotopic (exact) mass is 400 g/mol. The number of halogens is 1. The molecule has 1 N–H and O–H groups in total. The van der Waals surface area contributed by atoms with Crippen molar-refractivity contribution in [1.29, 1.82) is 0 Å². The Bertz CT molecular complexity index is 1050. The Hall–Kier alpha value is -2.90. The molecule has 3 rings (SSSR count). The molecule has 1 aromatic heterocycles. The first-order chi connectivity index (χ1) is 13.3. The number of likely N-dealkylation sites (N-methyl/N-ethyl adjacent to an activating group) is 1. The molecule has 1 atom stereocenters. The van der Waals surface area contributed by atoms with E-state index in [-0.39, 0.29) is 22.3 Å². The minimum Gasteiger partial charge on any atom is -0.350 e. The molecule has 3 aromatic rings. The van der Waals surface area contributed by atoms with Crippen LogP contribution < -0.4 is 5.32 Å². The van der Waals surface area contributed by atoms with Gasteiger partial charge in [0, 0.05) is 41.8 Å². The minimum atomic E-state index is -0.584. The Labute approximate surface area is 167 Å². The molecule has 0 fully saturated rings. The van der Waals surface area contributed by atoms with Gasteiger partial charge in [0.05, 0.1) is 11.0 Å². The molecule has 1 amide bonds. The van der Waals surface area contributed by atoms with E-state index in [1.54, 1.807) is 0 Å². The third-order valence-corrected chi connectivity index (χ3v) is 5.00. The van der Waals surface area contributed by atoms with Crippen molar-refractivity contribution < 1.29 is 9.72 Å². The summed E-state index contributed by atoms with van der Waals surface area (Å²) in [4.78, 5) is 25.3. The van der Waals surface area contributed by atoms with E-state index in [4.69, 9.17) is 11.6 Å². The third-order valence-electron chi connectivity index (χ3n) is 4.77. The summed E-state index contributed by atoms with van der Waals surface area (Å²) in [5.41, 5.74) is 1.85. The normalized spacial score (nSPS) is 12.3. The van der Waals surface area contributed by atoms with E-state index in [1.165, 1.54) is 18.2 Å². The Morgan fingerprint density at radius 3 is 2.68 bits per heavy atom. The van der Waals surface area contributed by atoms with Crippen molar-refractivity contribution in [3.8, 4) is 0 Å². The Morgan fingerprint density at radius 1 is 1.29 bits per heavy atom. The number of rotatable bonds is 6. The third kappa shape index (κ3) is 3.85. The van der Waals surface area contributed by atoms with E-state index in [9.17, 15) is 14.9 Å². The summed E-state index contributed by atoms with van der Waals surface area (Å²) >= 11 is 5.93. The molecule has 28 heavy (non-hydrogen) atoms. The highest BCUT2D eigenvalue weighted by molar-refractivity contribution is 6.31. The van der Waals surface area contributed by atoms with E-state index >= 15 is 0 Å². The second kappa shape index (κ2) is 8.00. The summed E-state index contributed by atoms with van der Waals surface area (Å²) in [5.74, 6) is -0.527.